The predicted octanol–water partition coefficient (Wildman–Crippen LogP) is 5.65. The number of carbonyl (C=O) groups excluding carboxylic acids is 2. The zero-order valence-electron chi connectivity index (χ0n) is 19.1. The Hall–Kier alpha value is -1.53. The van der Waals surface area contributed by atoms with Gasteiger partial charge in [-0.1, -0.05) is 56.0 Å². The molecule has 0 spiro atoms. The summed E-state index contributed by atoms with van der Waals surface area (Å²) < 4.78 is 0. The molecule has 2 amide bonds. The second-order valence-electron chi connectivity index (χ2n) is 9.49. The number of nitrogens with zero attached hydrogens (tertiary/aromatic N) is 2. The Morgan fingerprint density at radius 3 is 2.75 bits per heavy atom. The number of thioether (sulfide) groups is 1. The molecule has 1 aliphatic heterocycles. The summed E-state index contributed by atoms with van der Waals surface area (Å²) in [6.45, 7) is 3.00. The molecule has 4 rings (SSSR count). The minimum absolute atomic E-state index is 0.00422. The molecule has 3 fully saturated rings. The van der Waals surface area contributed by atoms with E-state index >= 15 is 0 Å². The van der Waals surface area contributed by atoms with Gasteiger partial charge in [0.25, 0.3) is 0 Å². The Bertz CT molecular complexity index is 857. The molecule has 5 nitrogen and oxygen atoms in total. The molecule has 32 heavy (non-hydrogen) atoms. The molecule has 1 N–H and O–H groups in total. The number of nitrogens with one attached hydrogen (secondary N) is 1. The van der Waals surface area contributed by atoms with Crippen LogP contribution in [0.15, 0.2) is 29.3 Å². The maximum absolute atomic E-state index is 13.1. The van der Waals surface area contributed by atoms with E-state index in [1.54, 1.807) is 19.2 Å². The van der Waals surface area contributed by atoms with Crippen molar-refractivity contribution in [3.63, 3.8) is 0 Å². The zero-order valence-corrected chi connectivity index (χ0v) is 20.6. The molecule has 0 radical (unpaired) electrons. The molecule has 1 aromatic rings. The lowest BCUT2D eigenvalue weighted by molar-refractivity contribution is -0.130. The van der Waals surface area contributed by atoms with Crippen LogP contribution >= 0.6 is 23.4 Å². The standard InChI is InChI=1S/C25H34ClN3O2S/c1-3-17-13-16-5-4-6-18(14-16)21(17)11-12-29-23(30)15-22(24(31)27-2)32-25(29)28-20-9-7-19(26)8-10-20/h7-10,16-18,21-22H,3-6,11-15H2,1-2H3,(H,27,31). The van der Waals surface area contributed by atoms with Gasteiger partial charge >= 0.3 is 0 Å². The average Bonchev–Trinajstić information content (AvgIpc) is 2.80. The Balaban J connectivity index is 1.53. The minimum atomic E-state index is -0.438. The summed E-state index contributed by atoms with van der Waals surface area (Å²) in [5.41, 5.74) is 0.742. The monoisotopic (exact) mass is 475 g/mol. The van der Waals surface area contributed by atoms with Crippen LogP contribution in [0.3, 0.4) is 0 Å². The smallest absolute Gasteiger partial charge is 0.233 e. The van der Waals surface area contributed by atoms with Gasteiger partial charge in [-0.05, 0) is 67.2 Å². The van der Waals surface area contributed by atoms with E-state index in [2.05, 4.69) is 12.2 Å². The van der Waals surface area contributed by atoms with Gasteiger partial charge in [0.05, 0.1) is 10.9 Å². The van der Waals surface area contributed by atoms with Crippen molar-refractivity contribution in [2.24, 2.45) is 28.7 Å². The fourth-order valence-electron chi connectivity index (χ4n) is 5.99. The number of carbonyl (C=O) groups is 2. The third-order valence-corrected chi connectivity index (χ3v) is 9.05. The molecule has 5 atom stereocenters. The Morgan fingerprint density at radius 2 is 2.03 bits per heavy atom. The highest BCUT2D eigenvalue weighted by Gasteiger charge is 2.40. The van der Waals surface area contributed by atoms with E-state index in [1.165, 1.54) is 50.3 Å². The highest BCUT2D eigenvalue weighted by atomic mass is 35.5. The number of hydrogen-bond acceptors (Lipinski definition) is 4. The number of rotatable bonds is 6. The van der Waals surface area contributed by atoms with E-state index in [4.69, 9.17) is 16.6 Å². The van der Waals surface area contributed by atoms with Crippen LogP contribution in [0.2, 0.25) is 5.02 Å². The average molecular weight is 476 g/mol. The quantitative estimate of drug-likeness (QED) is 0.578. The first-order valence-corrected chi connectivity index (χ1v) is 13.3. The molecule has 3 aliphatic rings. The number of fused-ring (bicyclic) bond motifs is 2. The van der Waals surface area contributed by atoms with Crippen molar-refractivity contribution in [3.8, 4) is 0 Å². The van der Waals surface area contributed by atoms with E-state index in [-0.39, 0.29) is 18.2 Å². The molecule has 1 aromatic carbocycles. The van der Waals surface area contributed by atoms with E-state index in [1.807, 2.05) is 17.0 Å². The van der Waals surface area contributed by atoms with Gasteiger partial charge in [0.2, 0.25) is 11.8 Å². The SMILES string of the molecule is CCC1CC2CCCC(C2)C1CCN1C(=O)CC(C(=O)NC)SC1=Nc1ccc(Cl)cc1. The first-order chi connectivity index (χ1) is 15.5. The molecule has 1 saturated heterocycles. The number of hydrogen-bond donors (Lipinski definition) is 1. The highest BCUT2D eigenvalue weighted by molar-refractivity contribution is 8.15. The fraction of sp³-hybridized carbons (Fsp3) is 0.640. The van der Waals surface area contributed by atoms with Crippen LogP contribution in [-0.2, 0) is 9.59 Å². The lowest BCUT2D eigenvalue weighted by Crippen LogP contribution is -2.47. The maximum Gasteiger partial charge on any atom is 0.233 e. The van der Waals surface area contributed by atoms with Crippen LogP contribution in [0.5, 0.6) is 0 Å². The molecule has 2 saturated carbocycles. The third kappa shape index (κ3) is 5.33. The summed E-state index contributed by atoms with van der Waals surface area (Å²) in [4.78, 5) is 32.0. The number of benzene rings is 1. The van der Waals surface area contributed by atoms with Crippen LogP contribution in [0.25, 0.3) is 0 Å². The molecule has 2 bridgehead atoms. The number of amidine groups is 1. The van der Waals surface area contributed by atoms with Crippen LogP contribution < -0.4 is 5.32 Å². The molecular weight excluding hydrogens is 442 g/mol. The van der Waals surface area contributed by atoms with Gasteiger partial charge in [0.15, 0.2) is 5.17 Å². The molecule has 1 heterocycles. The zero-order chi connectivity index (χ0) is 22.7. The Labute approximate surface area is 200 Å². The first-order valence-electron chi connectivity index (χ1n) is 12.0. The second-order valence-corrected chi connectivity index (χ2v) is 11.1. The first kappa shape index (κ1) is 23.6. The normalized spacial score (nSPS) is 31.6. The maximum atomic E-state index is 13.1. The van der Waals surface area contributed by atoms with Crippen molar-refractivity contribution in [2.75, 3.05) is 13.6 Å². The topological polar surface area (TPSA) is 61.8 Å². The van der Waals surface area contributed by atoms with Gasteiger partial charge in [0.1, 0.15) is 0 Å². The van der Waals surface area contributed by atoms with Crippen LogP contribution in [-0.4, -0.2) is 40.7 Å². The van der Waals surface area contributed by atoms with Crippen molar-refractivity contribution in [1.29, 1.82) is 0 Å². The van der Waals surface area contributed by atoms with E-state index < -0.39 is 5.25 Å². The van der Waals surface area contributed by atoms with Crippen LogP contribution in [0.1, 0.15) is 58.3 Å². The van der Waals surface area contributed by atoms with Crippen molar-refractivity contribution < 1.29 is 9.59 Å². The molecule has 7 heteroatoms. The lowest BCUT2D eigenvalue weighted by Gasteiger charge is -2.46. The summed E-state index contributed by atoms with van der Waals surface area (Å²) in [6.07, 6.45) is 9.29. The molecule has 174 valence electrons. The van der Waals surface area contributed by atoms with E-state index in [9.17, 15) is 9.59 Å². The molecule has 5 unspecified atom stereocenters. The molecule has 2 aliphatic carbocycles. The summed E-state index contributed by atoms with van der Waals surface area (Å²) >= 11 is 7.42. The van der Waals surface area contributed by atoms with Crippen molar-refractivity contribution in [3.05, 3.63) is 29.3 Å². The largest absolute Gasteiger partial charge is 0.358 e. The lowest BCUT2D eigenvalue weighted by atomic mass is 9.60. The number of amides is 2. The second kappa shape index (κ2) is 10.6. The predicted molar refractivity (Wildman–Crippen MR) is 132 cm³/mol. The van der Waals surface area contributed by atoms with Crippen molar-refractivity contribution in [1.82, 2.24) is 10.2 Å². The Kier molecular flexibility index (Phi) is 7.83. The Morgan fingerprint density at radius 1 is 1.25 bits per heavy atom. The molecule has 0 aromatic heterocycles. The highest BCUT2D eigenvalue weighted by Crippen LogP contribution is 2.48. The van der Waals surface area contributed by atoms with E-state index in [0.29, 0.717) is 22.7 Å². The fourth-order valence-corrected chi connectivity index (χ4v) is 7.30. The van der Waals surface area contributed by atoms with Gasteiger partial charge < -0.3 is 5.32 Å². The van der Waals surface area contributed by atoms with Gasteiger partial charge in [-0.3, -0.25) is 14.5 Å². The summed E-state index contributed by atoms with van der Waals surface area (Å²) in [5.74, 6) is 3.03. The van der Waals surface area contributed by atoms with Crippen LogP contribution in [0, 0.1) is 23.7 Å². The van der Waals surface area contributed by atoms with Gasteiger partial charge in [-0.15, -0.1) is 0 Å². The van der Waals surface area contributed by atoms with Crippen LogP contribution in [0.4, 0.5) is 5.69 Å². The molecular formula is C25H34ClN3O2S. The summed E-state index contributed by atoms with van der Waals surface area (Å²) in [6, 6.07) is 7.28. The van der Waals surface area contributed by atoms with Gasteiger partial charge in [-0.25, -0.2) is 4.99 Å². The van der Waals surface area contributed by atoms with Gasteiger partial charge in [0, 0.05) is 25.0 Å². The van der Waals surface area contributed by atoms with Crippen molar-refractivity contribution in [2.45, 2.75) is 63.5 Å². The number of halogens is 1. The third-order valence-electron chi connectivity index (χ3n) is 7.61. The van der Waals surface area contributed by atoms with Crippen molar-refractivity contribution >= 4 is 46.0 Å². The van der Waals surface area contributed by atoms with E-state index in [0.717, 1.165) is 29.9 Å². The number of aliphatic imine (C=N–C) groups is 1. The minimum Gasteiger partial charge on any atom is -0.358 e. The summed E-state index contributed by atoms with van der Waals surface area (Å²) in [7, 11) is 1.61. The summed E-state index contributed by atoms with van der Waals surface area (Å²) in [5, 5.41) is 3.52. The van der Waals surface area contributed by atoms with Gasteiger partial charge in [-0.2, -0.15) is 0 Å².